The predicted octanol–water partition coefficient (Wildman–Crippen LogP) is 4.21. The van der Waals surface area contributed by atoms with Crippen LogP contribution >= 0.6 is 11.6 Å². The van der Waals surface area contributed by atoms with Crippen molar-refractivity contribution < 1.29 is 9.47 Å². The number of aromatic nitrogens is 1. The molecule has 0 unspecified atom stereocenters. The van der Waals surface area contributed by atoms with Crippen LogP contribution < -0.4 is 15.2 Å². The summed E-state index contributed by atoms with van der Waals surface area (Å²) in [6.45, 7) is 4.55. The Bertz CT molecular complexity index is 602. The van der Waals surface area contributed by atoms with Gasteiger partial charge in [0.15, 0.2) is 0 Å². The third-order valence-electron chi connectivity index (χ3n) is 2.61. The van der Waals surface area contributed by atoms with Gasteiger partial charge in [-0.3, -0.25) is 0 Å². The number of pyridine rings is 1. The first-order valence-electron chi connectivity index (χ1n) is 6.43. The topological polar surface area (TPSA) is 57.4 Å². The Morgan fingerprint density at radius 2 is 2.05 bits per heavy atom. The molecule has 0 aliphatic heterocycles. The number of ether oxygens (including phenoxy) is 2. The number of nitrogens with two attached hydrogens (primary N) is 1. The van der Waals surface area contributed by atoms with Crippen molar-refractivity contribution in [3.8, 4) is 17.5 Å². The molecule has 2 rings (SSSR count). The van der Waals surface area contributed by atoms with Gasteiger partial charge in [-0.05, 0) is 37.1 Å². The zero-order valence-electron chi connectivity index (χ0n) is 11.5. The lowest BCUT2D eigenvalue weighted by Gasteiger charge is -2.11. The molecule has 0 saturated heterocycles. The average Bonchev–Trinajstić information content (AvgIpc) is 2.43. The van der Waals surface area contributed by atoms with E-state index >= 15 is 0 Å². The number of nitrogens with zero attached hydrogens (tertiary/aromatic N) is 1. The van der Waals surface area contributed by atoms with Crippen molar-refractivity contribution in [2.45, 2.75) is 20.3 Å². The quantitative estimate of drug-likeness (QED) is 0.897. The molecule has 0 bridgehead atoms. The molecule has 4 nitrogen and oxygen atoms in total. The Labute approximate surface area is 123 Å². The molecule has 0 spiro atoms. The molecule has 20 heavy (non-hydrogen) atoms. The molecule has 106 valence electrons. The van der Waals surface area contributed by atoms with Crippen LogP contribution in [0.4, 0.5) is 5.69 Å². The van der Waals surface area contributed by atoms with E-state index in [1.165, 1.54) is 0 Å². The summed E-state index contributed by atoms with van der Waals surface area (Å²) in [4.78, 5) is 4.25. The summed E-state index contributed by atoms with van der Waals surface area (Å²) >= 11 is 6.09. The number of nitrogen functional groups attached to an aromatic ring is 1. The van der Waals surface area contributed by atoms with Gasteiger partial charge in [-0.25, -0.2) is 0 Å². The van der Waals surface area contributed by atoms with E-state index in [4.69, 9.17) is 26.8 Å². The molecule has 0 radical (unpaired) electrons. The molecule has 1 heterocycles. The summed E-state index contributed by atoms with van der Waals surface area (Å²) in [7, 11) is 0. The highest BCUT2D eigenvalue weighted by molar-refractivity contribution is 6.32. The minimum atomic E-state index is 0.383. The van der Waals surface area contributed by atoms with Crippen LogP contribution in [0, 0.1) is 6.92 Å². The van der Waals surface area contributed by atoms with Gasteiger partial charge in [-0.15, -0.1) is 0 Å². The van der Waals surface area contributed by atoms with Crippen LogP contribution in [-0.4, -0.2) is 11.6 Å². The average molecular weight is 293 g/mol. The molecule has 0 fully saturated rings. The molecule has 0 atom stereocenters. The van der Waals surface area contributed by atoms with Crippen molar-refractivity contribution in [2.24, 2.45) is 0 Å². The fraction of sp³-hybridized carbons (Fsp3) is 0.267. The molecule has 0 saturated carbocycles. The predicted molar refractivity (Wildman–Crippen MR) is 80.7 cm³/mol. The minimum absolute atomic E-state index is 0.383. The van der Waals surface area contributed by atoms with Crippen molar-refractivity contribution in [3.05, 3.63) is 40.9 Å². The maximum Gasteiger partial charge on any atom is 0.240 e. The maximum absolute atomic E-state index is 6.09. The molecule has 0 amide bonds. The molecule has 5 heteroatoms. The first kappa shape index (κ1) is 14.5. The fourth-order valence-electron chi connectivity index (χ4n) is 1.61. The van der Waals surface area contributed by atoms with Crippen molar-refractivity contribution in [3.63, 3.8) is 0 Å². The van der Waals surface area contributed by atoms with Gasteiger partial charge in [0.05, 0.1) is 17.3 Å². The van der Waals surface area contributed by atoms with Crippen LogP contribution in [0.1, 0.15) is 18.9 Å². The fourth-order valence-corrected chi connectivity index (χ4v) is 1.76. The number of rotatable bonds is 5. The molecule has 2 N–H and O–H groups in total. The summed E-state index contributed by atoms with van der Waals surface area (Å²) in [5.41, 5.74) is 7.35. The molecule has 0 aliphatic rings. The van der Waals surface area contributed by atoms with Crippen LogP contribution in [0.15, 0.2) is 30.3 Å². The Morgan fingerprint density at radius 3 is 2.80 bits per heavy atom. The highest BCUT2D eigenvalue weighted by atomic mass is 35.5. The Balaban J connectivity index is 2.22. The number of halogens is 1. The van der Waals surface area contributed by atoms with Crippen molar-refractivity contribution in [1.29, 1.82) is 0 Å². The van der Waals surface area contributed by atoms with Gasteiger partial charge in [0, 0.05) is 6.07 Å². The standard InChI is InChI=1S/C15H17ClN2O2/c1-3-8-19-15-12(17)6-7-14(18-15)20-13-9-10(2)4-5-11(13)16/h4-7,9H,3,8,17H2,1-2H3. The maximum atomic E-state index is 6.09. The van der Waals surface area contributed by atoms with Gasteiger partial charge in [0.25, 0.3) is 0 Å². The van der Waals surface area contributed by atoms with Gasteiger partial charge >= 0.3 is 0 Å². The largest absolute Gasteiger partial charge is 0.476 e. The van der Waals surface area contributed by atoms with E-state index in [9.17, 15) is 0 Å². The van der Waals surface area contributed by atoms with Crippen LogP contribution in [0.2, 0.25) is 5.02 Å². The summed E-state index contributed by atoms with van der Waals surface area (Å²) in [6.07, 6.45) is 0.885. The van der Waals surface area contributed by atoms with E-state index in [1.54, 1.807) is 18.2 Å². The number of hydrogen-bond donors (Lipinski definition) is 1. The lowest BCUT2D eigenvalue weighted by molar-refractivity contribution is 0.302. The van der Waals surface area contributed by atoms with Crippen molar-refractivity contribution >= 4 is 17.3 Å². The number of anilines is 1. The van der Waals surface area contributed by atoms with Crippen LogP contribution in [-0.2, 0) is 0 Å². The second-order valence-electron chi connectivity index (χ2n) is 4.43. The summed E-state index contributed by atoms with van der Waals surface area (Å²) < 4.78 is 11.2. The highest BCUT2D eigenvalue weighted by Crippen LogP contribution is 2.31. The zero-order chi connectivity index (χ0) is 14.5. The first-order valence-corrected chi connectivity index (χ1v) is 6.81. The first-order chi connectivity index (χ1) is 9.60. The highest BCUT2D eigenvalue weighted by Gasteiger charge is 2.08. The number of aryl methyl sites for hydroxylation is 1. The van der Waals surface area contributed by atoms with E-state index in [1.807, 2.05) is 26.0 Å². The lowest BCUT2D eigenvalue weighted by atomic mass is 10.2. The van der Waals surface area contributed by atoms with Gasteiger partial charge in [-0.1, -0.05) is 24.6 Å². The summed E-state index contributed by atoms with van der Waals surface area (Å²) in [5, 5.41) is 0.533. The molecular formula is C15H17ClN2O2. The summed E-state index contributed by atoms with van der Waals surface area (Å²) in [6, 6.07) is 8.95. The van der Waals surface area contributed by atoms with Gasteiger partial charge in [0.2, 0.25) is 11.8 Å². The molecule has 1 aromatic heterocycles. The van der Waals surface area contributed by atoms with E-state index < -0.39 is 0 Å². The van der Waals surface area contributed by atoms with Crippen molar-refractivity contribution in [2.75, 3.05) is 12.3 Å². The SMILES string of the molecule is CCCOc1nc(Oc2cc(C)ccc2Cl)ccc1N. The van der Waals surface area contributed by atoms with E-state index in [2.05, 4.69) is 4.98 Å². The van der Waals surface area contributed by atoms with Gasteiger partial charge < -0.3 is 15.2 Å². The molecule has 0 aliphatic carbocycles. The smallest absolute Gasteiger partial charge is 0.240 e. The number of benzene rings is 1. The second-order valence-corrected chi connectivity index (χ2v) is 4.84. The lowest BCUT2D eigenvalue weighted by Crippen LogP contribution is -2.02. The van der Waals surface area contributed by atoms with E-state index in [0.717, 1.165) is 12.0 Å². The van der Waals surface area contributed by atoms with Crippen LogP contribution in [0.25, 0.3) is 0 Å². The third kappa shape index (κ3) is 3.54. The van der Waals surface area contributed by atoms with E-state index in [0.29, 0.717) is 34.8 Å². The van der Waals surface area contributed by atoms with Gasteiger partial charge in [-0.2, -0.15) is 4.98 Å². The molecular weight excluding hydrogens is 276 g/mol. The normalized spacial score (nSPS) is 10.3. The Kier molecular flexibility index (Phi) is 4.69. The van der Waals surface area contributed by atoms with Gasteiger partial charge in [0.1, 0.15) is 5.75 Å². The minimum Gasteiger partial charge on any atom is -0.476 e. The number of hydrogen-bond acceptors (Lipinski definition) is 4. The third-order valence-corrected chi connectivity index (χ3v) is 2.92. The summed E-state index contributed by atoms with van der Waals surface area (Å²) in [5.74, 6) is 1.34. The second kappa shape index (κ2) is 6.48. The van der Waals surface area contributed by atoms with Crippen LogP contribution in [0.5, 0.6) is 17.5 Å². The molecule has 2 aromatic rings. The Morgan fingerprint density at radius 1 is 1.25 bits per heavy atom. The Hall–Kier alpha value is -1.94. The monoisotopic (exact) mass is 292 g/mol. The van der Waals surface area contributed by atoms with Crippen molar-refractivity contribution in [1.82, 2.24) is 4.98 Å². The molecule has 1 aromatic carbocycles. The zero-order valence-corrected chi connectivity index (χ0v) is 12.3. The van der Waals surface area contributed by atoms with E-state index in [-0.39, 0.29) is 0 Å². The van der Waals surface area contributed by atoms with Crippen LogP contribution in [0.3, 0.4) is 0 Å².